The molecule has 11 heteroatoms. The molecule has 3 heterocycles. The van der Waals surface area contributed by atoms with Crippen molar-refractivity contribution in [1.29, 1.82) is 0 Å². The number of hydrogen-bond acceptors (Lipinski definition) is 7. The first-order chi connectivity index (χ1) is 21.0. The predicted molar refractivity (Wildman–Crippen MR) is 173 cm³/mol. The molecule has 5 rings (SSSR count). The van der Waals surface area contributed by atoms with Crippen molar-refractivity contribution in [3.63, 3.8) is 0 Å². The number of ether oxygens (including phenoxy) is 1. The summed E-state index contributed by atoms with van der Waals surface area (Å²) in [6.07, 6.45) is 0.198. The van der Waals surface area contributed by atoms with Gasteiger partial charge in [-0.05, 0) is 0 Å². The number of nitrogens with zero attached hydrogens (tertiary/aromatic N) is 6. The number of para-hydroxylation sites is 1. The summed E-state index contributed by atoms with van der Waals surface area (Å²) in [4.78, 5) is 48.8. The van der Waals surface area contributed by atoms with Gasteiger partial charge in [-0.3, -0.25) is 0 Å². The van der Waals surface area contributed by atoms with Gasteiger partial charge in [0.1, 0.15) is 0 Å². The number of carbonyl (C=O) groups is 3. The van der Waals surface area contributed by atoms with Crippen LogP contribution >= 0.6 is 0 Å². The number of benzene rings is 2. The van der Waals surface area contributed by atoms with Crippen LogP contribution in [0.4, 0.5) is 21.0 Å². The predicted octanol–water partition coefficient (Wildman–Crippen LogP) is 4.11. The van der Waals surface area contributed by atoms with Crippen molar-refractivity contribution in [3.8, 4) is 0 Å². The molecule has 1 radical (unpaired) electrons. The Hall–Kier alpha value is -3.62. The fraction of sp³-hybridized carbons (Fsp3) is 0.455. The van der Waals surface area contributed by atoms with Crippen molar-refractivity contribution >= 4 is 48.3 Å². The first kappa shape index (κ1) is 31.8. The molecular weight excluding hydrogens is 619 g/mol. The molecule has 0 atom stereocenters. The molecule has 1 fully saturated rings. The van der Waals surface area contributed by atoms with E-state index in [-0.39, 0.29) is 23.7 Å². The second kappa shape index (κ2) is 13.2. The molecule has 0 N–H and O–H groups in total. The second-order valence-corrected chi connectivity index (χ2v) is 14.5. The van der Waals surface area contributed by atoms with Crippen LogP contribution in [-0.4, -0.2) is 97.4 Å². The van der Waals surface area contributed by atoms with E-state index in [1.54, 1.807) is 30.6 Å². The van der Waals surface area contributed by atoms with Crippen molar-refractivity contribution in [2.24, 2.45) is 0 Å². The molecule has 0 spiro atoms. The topological polar surface area (TPSA) is 91.2 Å². The zero-order chi connectivity index (χ0) is 31.6. The van der Waals surface area contributed by atoms with Crippen LogP contribution in [0.25, 0.3) is 0 Å². The summed E-state index contributed by atoms with van der Waals surface area (Å²) >= 11 is -1.06. The Labute approximate surface area is 266 Å². The number of fused-ring (bicyclic) bond motifs is 1. The van der Waals surface area contributed by atoms with Crippen LogP contribution in [0.1, 0.15) is 61.8 Å². The molecule has 2 amide bonds. The van der Waals surface area contributed by atoms with E-state index in [0.717, 1.165) is 55.1 Å². The summed E-state index contributed by atoms with van der Waals surface area (Å²) < 4.78 is 7.51. The molecule has 2 aliphatic heterocycles. The minimum absolute atomic E-state index is 0.000323. The van der Waals surface area contributed by atoms with Gasteiger partial charge in [0.15, 0.2) is 0 Å². The first-order valence-electron chi connectivity index (χ1n) is 15.3. The van der Waals surface area contributed by atoms with Crippen LogP contribution in [-0.2, 0) is 24.2 Å². The maximum absolute atomic E-state index is 13.9. The Bertz CT molecular complexity index is 1520. The van der Waals surface area contributed by atoms with Gasteiger partial charge in [-0.25, -0.2) is 0 Å². The van der Waals surface area contributed by atoms with Crippen LogP contribution in [0.3, 0.4) is 0 Å². The average molecular weight is 662 g/mol. The fourth-order valence-corrected chi connectivity index (χ4v) is 7.57. The molecule has 233 valence electrons. The van der Waals surface area contributed by atoms with Gasteiger partial charge < -0.3 is 0 Å². The SMILES string of the molecule is CCc1ccccc1N(CC)C(=O)N1Cc2c([As]C(=O)c3ccc(N4CCN(C)CC4)cc3)nn(C(=O)OC(C)(C)C)c2C1. The zero-order valence-electron chi connectivity index (χ0n) is 26.5. The number of rotatable bonds is 7. The monoisotopic (exact) mass is 661 g/mol. The summed E-state index contributed by atoms with van der Waals surface area (Å²) in [5.74, 6) is 0. The van der Waals surface area contributed by atoms with Gasteiger partial charge in [0.2, 0.25) is 0 Å². The molecular formula is C33H42AsN6O4. The van der Waals surface area contributed by atoms with Crippen LogP contribution in [0.5, 0.6) is 0 Å². The molecule has 1 aromatic heterocycles. The van der Waals surface area contributed by atoms with E-state index in [0.29, 0.717) is 22.3 Å². The average Bonchev–Trinajstić information content (AvgIpc) is 3.58. The third-order valence-corrected chi connectivity index (χ3v) is 10.2. The van der Waals surface area contributed by atoms with E-state index in [9.17, 15) is 14.4 Å². The molecule has 3 aromatic rings. The van der Waals surface area contributed by atoms with Gasteiger partial charge in [-0.1, -0.05) is 0 Å². The number of piperazine rings is 1. The fourth-order valence-electron chi connectivity index (χ4n) is 5.60. The third-order valence-electron chi connectivity index (χ3n) is 8.00. The van der Waals surface area contributed by atoms with Crippen molar-refractivity contribution in [2.45, 2.75) is 59.7 Å². The molecule has 1 saturated heterocycles. The van der Waals surface area contributed by atoms with E-state index in [4.69, 9.17) is 4.74 Å². The Morgan fingerprint density at radius 2 is 1.64 bits per heavy atom. The summed E-state index contributed by atoms with van der Waals surface area (Å²) in [7, 11) is 2.13. The first-order valence-corrected chi connectivity index (χ1v) is 17.1. The molecule has 2 aliphatic rings. The van der Waals surface area contributed by atoms with E-state index in [1.165, 1.54) is 4.68 Å². The maximum atomic E-state index is 13.9. The van der Waals surface area contributed by atoms with Gasteiger partial charge in [0.05, 0.1) is 0 Å². The summed E-state index contributed by atoms with van der Waals surface area (Å²) in [6.45, 7) is 14.4. The Kier molecular flexibility index (Phi) is 9.51. The van der Waals surface area contributed by atoms with Gasteiger partial charge in [-0.2, -0.15) is 0 Å². The second-order valence-electron chi connectivity index (χ2n) is 12.3. The number of carbonyl (C=O) groups excluding carboxylic acids is 3. The van der Waals surface area contributed by atoms with Gasteiger partial charge in [0, 0.05) is 0 Å². The van der Waals surface area contributed by atoms with Gasteiger partial charge in [-0.15, -0.1) is 0 Å². The number of anilines is 2. The van der Waals surface area contributed by atoms with Crippen molar-refractivity contribution in [3.05, 3.63) is 70.9 Å². The van der Waals surface area contributed by atoms with Crippen LogP contribution in [0, 0.1) is 0 Å². The Morgan fingerprint density at radius 1 is 0.955 bits per heavy atom. The molecule has 0 saturated carbocycles. The third kappa shape index (κ3) is 6.86. The Balaban J connectivity index is 1.39. The molecule has 10 nitrogen and oxygen atoms in total. The van der Waals surface area contributed by atoms with Crippen molar-refractivity contribution in [1.82, 2.24) is 19.6 Å². The zero-order valence-corrected chi connectivity index (χ0v) is 28.4. The molecule has 0 unspecified atom stereocenters. The van der Waals surface area contributed by atoms with Crippen LogP contribution in [0.15, 0.2) is 48.5 Å². The van der Waals surface area contributed by atoms with Crippen molar-refractivity contribution in [2.75, 3.05) is 49.6 Å². The van der Waals surface area contributed by atoms with Crippen LogP contribution in [0.2, 0.25) is 0 Å². The normalized spacial score (nSPS) is 15.6. The van der Waals surface area contributed by atoms with E-state index >= 15 is 0 Å². The van der Waals surface area contributed by atoms with Crippen LogP contribution < -0.4 is 14.3 Å². The van der Waals surface area contributed by atoms with Gasteiger partial charge in [0.25, 0.3) is 0 Å². The molecule has 0 bridgehead atoms. The molecule has 0 aliphatic carbocycles. The summed E-state index contributed by atoms with van der Waals surface area (Å²) in [5.41, 5.74) is 4.37. The summed E-state index contributed by atoms with van der Waals surface area (Å²) in [6, 6.07) is 15.6. The van der Waals surface area contributed by atoms with E-state index in [2.05, 4.69) is 28.9 Å². The van der Waals surface area contributed by atoms with Gasteiger partial charge >= 0.3 is 267 Å². The van der Waals surface area contributed by atoms with E-state index in [1.807, 2.05) is 55.5 Å². The molecule has 2 aromatic carbocycles. The number of aromatic nitrogens is 2. The number of likely N-dealkylation sites (N-methyl/N-ethyl adjacent to an activating group) is 1. The quantitative estimate of drug-likeness (QED) is 0.352. The number of urea groups is 1. The van der Waals surface area contributed by atoms with Crippen molar-refractivity contribution < 1.29 is 19.1 Å². The van der Waals surface area contributed by atoms with E-state index < -0.39 is 27.4 Å². The Morgan fingerprint density at radius 3 is 2.27 bits per heavy atom. The number of hydrogen-bond donors (Lipinski definition) is 0. The standard InChI is InChI=1S/C33H42AsN6O4/c1-7-23-11-9-10-12-27(23)39(8-2)31(42)38-21-26-28(22-38)40(32(43)44-33(3,4)5)35-29(26)34-30(41)24-13-15-25(16-14-24)37-19-17-36(6)18-20-37/h9-16H,7-8,17-22H2,1-6H3. The number of amides is 2. The molecule has 44 heavy (non-hydrogen) atoms. The number of aryl methyl sites for hydroxylation is 1. The summed E-state index contributed by atoms with van der Waals surface area (Å²) in [5, 5.41) is 4.62. The minimum atomic E-state index is -1.06.